The Morgan fingerprint density at radius 3 is 2.62 bits per heavy atom. The summed E-state index contributed by atoms with van der Waals surface area (Å²) < 4.78 is 0. The van der Waals surface area contributed by atoms with Crippen LogP contribution in [0.4, 0.5) is 10.8 Å². The van der Waals surface area contributed by atoms with Crippen LogP contribution in [0.1, 0.15) is 24.6 Å². The van der Waals surface area contributed by atoms with Gasteiger partial charge in [-0.05, 0) is 25.0 Å². The Labute approximate surface area is 156 Å². The topological polar surface area (TPSA) is 74.3 Å². The van der Waals surface area contributed by atoms with Crippen molar-refractivity contribution in [2.75, 3.05) is 23.7 Å². The minimum absolute atomic E-state index is 0.0675. The highest BCUT2D eigenvalue weighted by atomic mass is 32.1. The van der Waals surface area contributed by atoms with E-state index >= 15 is 0 Å². The third kappa shape index (κ3) is 5.50. The number of para-hydroxylation sites is 1. The lowest BCUT2D eigenvalue weighted by molar-refractivity contribution is -0.114. The molecule has 0 atom stereocenters. The second-order valence-electron chi connectivity index (χ2n) is 6.25. The van der Waals surface area contributed by atoms with E-state index in [1.165, 1.54) is 23.8 Å². The van der Waals surface area contributed by atoms with Crippen LogP contribution in [-0.2, 0) is 16.1 Å². The molecule has 0 bridgehead atoms. The van der Waals surface area contributed by atoms with Crippen LogP contribution in [0, 0.1) is 0 Å². The predicted molar refractivity (Wildman–Crippen MR) is 104 cm³/mol. The number of benzene rings is 1. The summed E-state index contributed by atoms with van der Waals surface area (Å²) >= 11 is 1.50. The van der Waals surface area contributed by atoms with Crippen LogP contribution in [0.15, 0.2) is 48.2 Å². The smallest absolute Gasteiger partial charge is 0.248 e. The molecule has 1 aliphatic heterocycles. The van der Waals surface area contributed by atoms with Gasteiger partial charge in [0.2, 0.25) is 11.8 Å². The zero-order valence-electron chi connectivity index (χ0n) is 14.7. The summed E-state index contributed by atoms with van der Waals surface area (Å²) in [5.74, 6) is -0.172. The van der Waals surface area contributed by atoms with Crippen molar-refractivity contribution >= 4 is 34.0 Å². The highest BCUT2D eigenvalue weighted by molar-refractivity contribution is 7.15. The van der Waals surface area contributed by atoms with Gasteiger partial charge in [-0.25, -0.2) is 4.98 Å². The first kappa shape index (κ1) is 18.3. The van der Waals surface area contributed by atoms with Crippen molar-refractivity contribution in [2.45, 2.75) is 26.3 Å². The number of anilines is 2. The van der Waals surface area contributed by atoms with Crippen LogP contribution in [0.3, 0.4) is 0 Å². The molecule has 1 aliphatic rings. The number of piperidine rings is 1. The van der Waals surface area contributed by atoms with E-state index in [-0.39, 0.29) is 11.8 Å². The average molecular weight is 370 g/mol. The van der Waals surface area contributed by atoms with Crippen molar-refractivity contribution < 1.29 is 9.59 Å². The van der Waals surface area contributed by atoms with E-state index in [1.54, 1.807) is 6.08 Å². The Balaban J connectivity index is 1.47. The van der Waals surface area contributed by atoms with Gasteiger partial charge in [0.25, 0.3) is 0 Å². The van der Waals surface area contributed by atoms with Crippen LogP contribution in [0.25, 0.3) is 0 Å². The maximum absolute atomic E-state index is 12.1. The maximum Gasteiger partial charge on any atom is 0.248 e. The number of amides is 2. The molecule has 2 amide bonds. The SMILES string of the molecule is CC(=O)Nc1ncc(CN2CCC(=CC(=O)Nc3ccccc3)CC2)s1. The molecule has 1 aromatic heterocycles. The van der Waals surface area contributed by atoms with Crippen molar-refractivity contribution in [3.63, 3.8) is 0 Å². The molecule has 3 rings (SSSR count). The zero-order chi connectivity index (χ0) is 18.4. The fourth-order valence-electron chi connectivity index (χ4n) is 2.84. The van der Waals surface area contributed by atoms with Gasteiger partial charge >= 0.3 is 0 Å². The normalized spacial score (nSPS) is 14.7. The fourth-order valence-corrected chi connectivity index (χ4v) is 3.74. The Hall–Kier alpha value is -2.51. The number of hydrogen-bond acceptors (Lipinski definition) is 5. The lowest BCUT2D eigenvalue weighted by Gasteiger charge is -2.27. The van der Waals surface area contributed by atoms with Crippen molar-refractivity contribution in [1.29, 1.82) is 0 Å². The summed E-state index contributed by atoms with van der Waals surface area (Å²) in [7, 11) is 0. The van der Waals surface area contributed by atoms with Gasteiger partial charge < -0.3 is 10.6 Å². The highest BCUT2D eigenvalue weighted by Gasteiger charge is 2.16. The monoisotopic (exact) mass is 370 g/mol. The van der Waals surface area contributed by atoms with Crippen LogP contribution < -0.4 is 10.6 Å². The molecule has 1 fully saturated rings. The number of hydrogen-bond donors (Lipinski definition) is 2. The summed E-state index contributed by atoms with van der Waals surface area (Å²) in [6.07, 6.45) is 5.32. The minimum Gasteiger partial charge on any atom is -0.323 e. The number of nitrogens with zero attached hydrogens (tertiary/aromatic N) is 2. The molecule has 26 heavy (non-hydrogen) atoms. The molecule has 2 heterocycles. The van der Waals surface area contributed by atoms with E-state index in [9.17, 15) is 9.59 Å². The van der Waals surface area contributed by atoms with Crippen LogP contribution >= 0.6 is 11.3 Å². The molecule has 1 saturated heterocycles. The largest absolute Gasteiger partial charge is 0.323 e. The molecular weight excluding hydrogens is 348 g/mol. The molecule has 0 radical (unpaired) electrons. The number of nitrogens with one attached hydrogen (secondary N) is 2. The van der Waals surface area contributed by atoms with E-state index in [0.29, 0.717) is 5.13 Å². The molecule has 2 N–H and O–H groups in total. The van der Waals surface area contributed by atoms with Gasteiger partial charge in [-0.1, -0.05) is 23.8 Å². The first-order valence-corrected chi connectivity index (χ1v) is 9.40. The fraction of sp³-hybridized carbons (Fsp3) is 0.316. The number of thiazole rings is 1. The molecule has 0 unspecified atom stereocenters. The van der Waals surface area contributed by atoms with Crippen LogP contribution in [0.2, 0.25) is 0 Å². The first-order chi connectivity index (χ1) is 12.6. The molecule has 1 aromatic carbocycles. The Kier molecular flexibility index (Phi) is 6.14. The minimum atomic E-state index is -0.104. The summed E-state index contributed by atoms with van der Waals surface area (Å²) in [5.41, 5.74) is 1.99. The van der Waals surface area contributed by atoms with Crippen LogP contribution in [-0.4, -0.2) is 34.8 Å². The van der Waals surface area contributed by atoms with Gasteiger partial charge in [-0.2, -0.15) is 0 Å². The summed E-state index contributed by atoms with van der Waals surface area (Å²) in [6, 6.07) is 9.48. The van der Waals surface area contributed by atoms with Gasteiger partial charge in [0.05, 0.1) is 0 Å². The van der Waals surface area contributed by atoms with Crippen LogP contribution in [0.5, 0.6) is 0 Å². The summed E-state index contributed by atoms with van der Waals surface area (Å²) in [5, 5.41) is 6.24. The Morgan fingerprint density at radius 1 is 1.19 bits per heavy atom. The number of carbonyl (C=O) groups excluding carboxylic acids is 2. The second kappa shape index (κ2) is 8.73. The molecule has 136 valence electrons. The molecular formula is C19H22N4O2S. The van der Waals surface area contributed by atoms with Crippen molar-refractivity contribution in [3.8, 4) is 0 Å². The maximum atomic E-state index is 12.1. The van der Waals surface area contributed by atoms with E-state index in [1.807, 2.05) is 36.5 Å². The molecule has 6 nitrogen and oxygen atoms in total. The van der Waals surface area contributed by atoms with E-state index < -0.39 is 0 Å². The van der Waals surface area contributed by atoms with Crippen molar-refractivity contribution in [2.24, 2.45) is 0 Å². The third-order valence-electron chi connectivity index (χ3n) is 4.09. The third-order valence-corrected chi connectivity index (χ3v) is 4.99. The predicted octanol–water partition coefficient (Wildman–Crippen LogP) is 3.26. The Bertz CT molecular complexity index is 791. The number of aromatic nitrogens is 1. The molecule has 0 aliphatic carbocycles. The van der Waals surface area contributed by atoms with Gasteiger partial charge in [0.15, 0.2) is 5.13 Å². The summed E-state index contributed by atoms with van der Waals surface area (Å²) in [4.78, 5) is 30.8. The molecule has 0 saturated carbocycles. The second-order valence-corrected chi connectivity index (χ2v) is 7.36. The lowest BCUT2D eigenvalue weighted by Crippen LogP contribution is -2.30. The number of carbonyl (C=O) groups is 2. The lowest BCUT2D eigenvalue weighted by atomic mass is 10.0. The quantitative estimate of drug-likeness (QED) is 0.792. The standard InChI is InChI=1S/C19H22N4O2S/c1-14(24)21-19-20-12-17(26-19)13-23-9-7-15(8-10-23)11-18(25)22-16-5-3-2-4-6-16/h2-6,11-12H,7-10,13H2,1H3,(H,22,25)(H,20,21,24). The van der Waals surface area contributed by atoms with Gasteiger partial charge in [0.1, 0.15) is 0 Å². The zero-order valence-corrected chi connectivity index (χ0v) is 15.5. The average Bonchev–Trinajstić information content (AvgIpc) is 3.03. The first-order valence-electron chi connectivity index (χ1n) is 8.58. The molecule has 7 heteroatoms. The van der Waals surface area contributed by atoms with E-state index in [4.69, 9.17) is 0 Å². The van der Waals surface area contributed by atoms with Gasteiger partial charge in [0, 0.05) is 49.4 Å². The summed E-state index contributed by atoms with van der Waals surface area (Å²) in [6.45, 7) is 4.13. The Morgan fingerprint density at radius 2 is 1.92 bits per heavy atom. The number of rotatable bonds is 5. The van der Waals surface area contributed by atoms with Crippen molar-refractivity contribution in [3.05, 3.63) is 53.1 Å². The van der Waals surface area contributed by atoms with Gasteiger partial charge in [-0.15, -0.1) is 11.3 Å². The molecule has 2 aromatic rings. The van der Waals surface area contributed by atoms with E-state index in [2.05, 4.69) is 20.5 Å². The molecule has 0 spiro atoms. The van der Waals surface area contributed by atoms with Gasteiger partial charge in [-0.3, -0.25) is 14.5 Å². The van der Waals surface area contributed by atoms with E-state index in [0.717, 1.165) is 43.0 Å². The number of likely N-dealkylation sites (tertiary alicyclic amines) is 1. The van der Waals surface area contributed by atoms with Crippen molar-refractivity contribution in [1.82, 2.24) is 9.88 Å². The highest BCUT2D eigenvalue weighted by Crippen LogP contribution is 2.23.